The van der Waals surface area contributed by atoms with E-state index in [-0.39, 0.29) is 0 Å². The summed E-state index contributed by atoms with van der Waals surface area (Å²) in [7, 11) is 0. The lowest BCUT2D eigenvalue weighted by Crippen LogP contribution is -2.19. The Kier molecular flexibility index (Phi) is 7.11. The minimum absolute atomic E-state index is 0.310. The highest BCUT2D eigenvalue weighted by atomic mass is 35.5. The Balaban J connectivity index is 1.53. The van der Waals surface area contributed by atoms with E-state index in [0.29, 0.717) is 22.7 Å². The molecule has 1 fully saturated rings. The van der Waals surface area contributed by atoms with E-state index in [2.05, 4.69) is 5.32 Å². The molecule has 0 saturated carbocycles. The van der Waals surface area contributed by atoms with E-state index in [1.807, 2.05) is 18.2 Å². The average Bonchev–Trinajstić information content (AvgIpc) is 2.93. The summed E-state index contributed by atoms with van der Waals surface area (Å²) in [5.74, 6) is 0. The molecule has 0 aromatic heterocycles. The third kappa shape index (κ3) is 5.23. The molecule has 1 aromatic rings. The van der Waals surface area contributed by atoms with Gasteiger partial charge in [0.1, 0.15) is 0 Å². The van der Waals surface area contributed by atoms with E-state index >= 15 is 0 Å². The van der Waals surface area contributed by atoms with Gasteiger partial charge in [0, 0.05) is 35.4 Å². The van der Waals surface area contributed by atoms with Gasteiger partial charge in [-0.3, -0.25) is 0 Å². The van der Waals surface area contributed by atoms with Gasteiger partial charge in [-0.15, -0.1) is 0 Å². The minimum Gasteiger partial charge on any atom is -0.379 e. The van der Waals surface area contributed by atoms with Crippen LogP contribution in [0, 0.1) is 0 Å². The van der Waals surface area contributed by atoms with E-state index in [1.54, 1.807) is 0 Å². The van der Waals surface area contributed by atoms with E-state index < -0.39 is 0 Å². The molecular weight excluding hydrogens is 297 g/mol. The van der Waals surface area contributed by atoms with Crippen molar-refractivity contribution in [3.63, 3.8) is 0 Å². The van der Waals surface area contributed by atoms with Gasteiger partial charge in [-0.25, -0.2) is 0 Å². The summed E-state index contributed by atoms with van der Waals surface area (Å²) in [6, 6.07) is 5.57. The molecule has 1 aromatic carbocycles. The van der Waals surface area contributed by atoms with Crippen molar-refractivity contribution in [2.24, 2.45) is 0 Å². The Morgan fingerprint density at radius 3 is 2.80 bits per heavy atom. The smallest absolute Gasteiger partial charge is 0.0809 e. The average molecular weight is 318 g/mol. The summed E-state index contributed by atoms with van der Waals surface area (Å²) in [6.45, 7) is 3.92. The second kappa shape index (κ2) is 8.85. The largest absolute Gasteiger partial charge is 0.379 e. The van der Waals surface area contributed by atoms with Crippen LogP contribution in [0.4, 0.5) is 0 Å². The van der Waals surface area contributed by atoms with Gasteiger partial charge in [-0.1, -0.05) is 29.3 Å². The zero-order chi connectivity index (χ0) is 14.2. The summed E-state index contributed by atoms with van der Waals surface area (Å²) in [5.41, 5.74) is 0.955. The van der Waals surface area contributed by atoms with Crippen LogP contribution in [0.5, 0.6) is 0 Å². The lowest BCUT2D eigenvalue weighted by molar-refractivity contribution is 0.0166. The number of hydrogen-bond acceptors (Lipinski definition) is 3. The molecular formula is C15H21Cl2NO2. The van der Waals surface area contributed by atoms with Crippen molar-refractivity contribution < 1.29 is 9.47 Å². The molecule has 2 rings (SSSR count). The van der Waals surface area contributed by atoms with E-state index in [1.165, 1.54) is 0 Å². The van der Waals surface area contributed by atoms with Crippen LogP contribution in [-0.4, -0.2) is 32.5 Å². The number of ether oxygens (including phenoxy) is 2. The first-order valence-electron chi connectivity index (χ1n) is 7.10. The molecule has 0 spiro atoms. The number of nitrogens with one attached hydrogen (secondary N) is 1. The van der Waals surface area contributed by atoms with Crippen molar-refractivity contribution in [3.8, 4) is 0 Å². The third-order valence-corrected chi connectivity index (χ3v) is 4.04. The van der Waals surface area contributed by atoms with Crippen LogP contribution in [0.1, 0.15) is 24.8 Å². The molecule has 0 bridgehead atoms. The molecule has 1 aliphatic rings. The summed E-state index contributed by atoms with van der Waals surface area (Å²) >= 11 is 12.2. The third-order valence-electron chi connectivity index (χ3n) is 3.33. The minimum atomic E-state index is 0.310. The second-order valence-electron chi connectivity index (χ2n) is 4.94. The fourth-order valence-electron chi connectivity index (χ4n) is 2.20. The Morgan fingerprint density at radius 1 is 1.30 bits per heavy atom. The van der Waals surface area contributed by atoms with Gasteiger partial charge >= 0.3 is 0 Å². The molecule has 5 heteroatoms. The van der Waals surface area contributed by atoms with Gasteiger partial charge in [0.25, 0.3) is 0 Å². The van der Waals surface area contributed by atoms with Gasteiger partial charge in [0.2, 0.25) is 0 Å². The lowest BCUT2D eigenvalue weighted by Gasteiger charge is -2.11. The maximum Gasteiger partial charge on any atom is 0.0809 e. The predicted molar refractivity (Wildman–Crippen MR) is 82.6 cm³/mol. The van der Waals surface area contributed by atoms with Crippen LogP contribution in [0.15, 0.2) is 18.2 Å². The molecule has 0 radical (unpaired) electrons. The van der Waals surface area contributed by atoms with Crippen molar-refractivity contribution in [2.45, 2.75) is 31.9 Å². The topological polar surface area (TPSA) is 30.5 Å². The van der Waals surface area contributed by atoms with Gasteiger partial charge in [-0.05, 0) is 37.9 Å². The molecule has 1 atom stereocenters. The zero-order valence-corrected chi connectivity index (χ0v) is 13.1. The molecule has 20 heavy (non-hydrogen) atoms. The highest BCUT2D eigenvalue weighted by Crippen LogP contribution is 2.23. The molecule has 3 nitrogen and oxygen atoms in total. The van der Waals surface area contributed by atoms with Crippen LogP contribution < -0.4 is 5.32 Å². The normalized spacial score (nSPS) is 18.6. The number of halogens is 2. The van der Waals surface area contributed by atoms with Crippen molar-refractivity contribution in [1.82, 2.24) is 5.32 Å². The first kappa shape index (κ1) is 16.1. The molecule has 1 unspecified atom stereocenters. The highest BCUT2D eigenvalue weighted by Gasteiger charge is 2.14. The van der Waals surface area contributed by atoms with E-state index in [9.17, 15) is 0 Å². The molecule has 112 valence electrons. The summed E-state index contributed by atoms with van der Waals surface area (Å²) in [5, 5.41) is 4.75. The van der Waals surface area contributed by atoms with E-state index in [4.69, 9.17) is 32.7 Å². The Hall–Kier alpha value is -0.320. The second-order valence-corrected chi connectivity index (χ2v) is 5.75. The van der Waals surface area contributed by atoms with Crippen molar-refractivity contribution in [1.29, 1.82) is 0 Å². The first-order chi connectivity index (χ1) is 9.77. The molecule has 1 N–H and O–H groups in total. The summed E-state index contributed by atoms with van der Waals surface area (Å²) < 4.78 is 11.1. The van der Waals surface area contributed by atoms with Crippen LogP contribution in [0.3, 0.4) is 0 Å². The van der Waals surface area contributed by atoms with Gasteiger partial charge < -0.3 is 14.8 Å². The highest BCUT2D eigenvalue weighted by molar-refractivity contribution is 6.35. The molecule has 0 aliphatic carbocycles. The Bertz CT molecular complexity index is 389. The van der Waals surface area contributed by atoms with Crippen LogP contribution in [0.25, 0.3) is 0 Å². The van der Waals surface area contributed by atoms with Gasteiger partial charge in [0.05, 0.1) is 12.7 Å². The molecule has 1 aliphatic heterocycles. The summed E-state index contributed by atoms with van der Waals surface area (Å²) in [6.07, 6.45) is 3.57. The first-order valence-corrected chi connectivity index (χ1v) is 7.86. The number of hydrogen-bond donors (Lipinski definition) is 1. The number of benzene rings is 1. The standard InChI is InChI=1S/C15H21Cl2NO2/c16-14-5-1-6-15(17)13(14)10-18-7-3-8-19-11-12-4-2-9-20-12/h1,5-6,12,18H,2-4,7-11H2. The van der Waals surface area contributed by atoms with Gasteiger partial charge in [0.15, 0.2) is 0 Å². The molecule has 0 amide bonds. The zero-order valence-electron chi connectivity index (χ0n) is 11.5. The summed E-state index contributed by atoms with van der Waals surface area (Å²) in [4.78, 5) is 0. The van der Waals surface area contributed by atoms with E-state index in [0.717, 1.165) is 51.2 Å². The van der Waals surface area contributed by atoms with Crippen molar-refractivity contribution in [2.75, 3.05) is 26.4 Å². The van der Waals surface area contributed by atoms with Crippen LogP contribution in [0.2, 0.25) is 10.0 Å². The Morgan fingerprint density at radius 2 is 2.10 bits per heavy atom. The SMILES string of the molecule is Clc1cccc(Cl)c1CNCCCOCC1CCCO1. The van der Waals surface area contributed by atoms with Crippen LogP contribution >= 0.6 is 23.2 Å². The fourth-order valence-corrected chi connectivity index (χ4v) is 2.74. The lowest BCUT2D eigenvalue weighted by atomic mass is 10.2. The monoisotopic (exact) mass is 317 g/mol. The molecule has 1 heterocycles. The maximum absolute atomic E-state index is 6.10. The predicted octanol–water partition coefficient (Wildman–Crippen LogP) is 3.67. The quantitative estimate of drug-likeness (QED) is 0.742. The van der Waals surface area contributed by atoms with Crippen LogP contribution in [-0.2, 0) is 16.0 Å². The van der Waals surface area contributed by atoms with Crippen molar-refractivity contribution >= 4 is 23.2 Å². The maximum atomic E-state index is 6.10. The van der Waals surface area contributed by atoms with Crippen molar-refractivity contribution in [3.05, 3.63) is 33.8 Å². The van der Waals surface area contributed by atoms with Gasteiger partial charge in [-0.2, -0.15) is 0 Å². The Labute approximate surface area is 130 Å². The fraction of sp³-hybridized carbons (Fsp3) is 0.600. The number of rotatable bonds is 8. The molecule has 1 saturated heterocycles.